The fourth-order valence-corrected chi connectivity index (χ4v) is 2.60. The molecule has 0 bridgehead atoms. The van der Waals surface area contributed by atoms with Crippen molar-refractivity contribution in [3.8, 4) is 0 Å². The zero-order chi connectivity index (χ0) is 16.3. The van der Waals surface area contributed by atoms with Gasteiger partial charge in [0.15, 0.2) is 5.11 Å². The van der Waals surface area contributed by atoms with E-state index in [1.807, 2.05) is 29.7 Å². The van der Waals surface area contributed by atoms with Crippen molar-refractivity contribution in [2.75, 3.05) is 12.4 Å². The summed E-state index contributed by atoms with van der Waals surface area (Å²) in [4.78, 5) is 1.85. The lowest BCUT2D eigenvalue weighted by molar-refractivity contribution is 0.491. The average Bonchev–Trinajstić information content (AvgIpc) is 2.83. The van der Waals surface area contributed by atoms with E-state index in [2.05, 4.69) is 26.3 Å². The Labute approximate surface area is 147 Å². The van der Waals surface area contributed by atoms with Gasteiger partial charge in [-0.1, -0.05) is 11.6 Å². The number of nitrogens with zero attached hydrogens (tertiary/aromatic N) is 3. The molecule has 1 aromatic heterocycles. The first kappa shape index (κ1) is 17.2. The topological polar surface area (TPSA) is 33.1 Å². The molecule has 1 aromatic carbocycles. The highest BCUT2D eigenvalue weighted by molar-refractivity contribution is 9.10. The summed E-state index contributed by atoms with van der Waals surface area (Å²) < 4.78 is 15.9. The van der Waals surface area contributed by atoms with E-state index in [-0.39, 0.29) is 5.02 Å². The maximum Gasteiger partial charge on any atom is 0.173 e. The number of nitrogens with one attached hydrogen (secondary N) is 1. The normalized spacial score (nSPS) is 10.6. The Balaban J connectivity index is 2.02. The minimum atomic E-state index is -0.458. The zero-order valence-corrected chi connectivity index (χ0v) is 15.3. The van der Waals surface area contributed by atoms with Crippen LogP contribution in [0.4, 0.5) is 10.1 Å². The quantitative estimate of drug-likeness (QED) is 0.769. The standard InChI is InChI=1S/C14H15BrClFN4S/c1-3-21-7-10(15)13(19-21)8-20(2)14(22)18-9-4-5-12(17)11(16)6-9/h4-7H,3,8H2,1-2H3,(H,18,22). The molecule has 0 unspecified atom stereocenters. The molecule has 1 heterocycles. The lowest BCUT2D eigenvalue weighted by atomic mass is 10.3. The van der Waals surface area contributed by atoms with Crippen molar-refractivity contribution in [2.45, 2.75) is 20.0 Å². The lowest BCUT2D eigenvalue weighted by Crippen LogP contribution is -2.30. The third kappa shape index (κ3) is 4.18. The van der Waals surface area contributed by atoms with Gasteiger partial charge in [-0.25, -0.2) is 4.39 Å². The molecule has 1 N–H and O–H groups in total. The maximum atomic E-state index is 13.1. The van der Waals surface area contributed by atoms with Gasteiger partial charge in [0.25, 0.3) is 0 Å². The minimum Gasteiger partial charge on any atom is -0.346 e. The lowest BCUT2D eigenvalue weighted by Gasteiger charge is -2.20. The third-order valence-electron chi connectivity index (χ3n) is 3.02. The molecule has 2 rings (SSSR count). The molecular weight excluding hydrogens is 391 g/mol. The second-order valence-corrected chi connectivity index (χ2v) is 6.34. The van der Waals surface area contributed by atoms with E-state index in [1.165, 1.54) is 12.1 Å². The molecule has 0 aliphatic rings. The van der Waals surface area contributed by atoms with E-state index in [0.29, 0.717) is 17.3 Å². The molecule has 2 aromatic rings. The van der Waals surface area contributed by atoms with Crippen molar-refractivity contribution in [2.24, 2.45) is 0 Å². The Hall–Kier alpha value is -1.18. The monoisotopic (exact) mass is 404 g/mol. The Morgan fingerprint density at radius 3 is 2.86 bits per heavy atom. The van der Waals surface area contributed by atoms with Gasteiger partial charge in [-0.2, -0.15) is 5.10 Å². The fraction of sp³-hybridized carbons (Fsp3) is 0.286. The first-order valence-electron chi connectivity index (χ1n) is 6.59. The molecule has 0 saturated carbocycles. The van der Waals surface area contributed by atoms with E-state index >= 15 is 0 Å². The third-order valence-corrected chi connectivity index (χ3v) is 4.38. The van der Waals surface area contributed by atoms with Crippen molar-refractivity contribution in [1.29, 1.82) is 0 Å². The summed E-state index contributed by atoms with van der Waals surface area (Å²) in [7, 11) is 1.86. The summed E-state index contributed by atoms with van der Waals surface area (Å²) in [5.41, 5.74) is 1.53. The molecule has 0 atom stereocenters. The summed E-state index contributed by atoms with van der Waals surface area (Å²) in [5.74, 6) is -0.458. The van der Waals surface area contributed by atoms with E-state index < -0.39 is 5.82 Å². The van der Waals surface area contributed by atoms with Crippen LogP contribution in [0.2, 0.25) is 5.02 Å². The molecule has 0 aliphatic carbocycles. The smallest absolute Gasteiger partial charge is 0.173 e. The van der Waals surface area contributed by atoms with Crippen LogP contribution >= 0.6 is 39.7 Å². The van der Waals surface area contributed by atoms with Crippen LogP contribution in [-0.4, -0.2) is 26.8 Å². The highest BCUT2D eigenvalue weighted by atomic mass is 79.9. The van der Waals surface area contributed by atoms with Crippen molar-refractivity contribution in [3.63, 3.8) is 0 Å². The van der Waals surface area contributed by atoms with Gasteiger partial charge < -0.3 is 10.2 Å². The van der Waals surface area contributed by atoms with Gasteiger partial charge in [0, 0.05) is 25.5 Å². The summed E-state index contributed by atoms with van der Waals surface area (Å²) >= 11 is 14.6. The van der Waals surface area contributed by atoms with E-state index in [1.54, 1.807) is 6.07 Å². The van der Waals surface area contributed by atoms with Crippen molar-refractivity contribution < 1.29 is 4.39 Å². The van der Waals surface area contributed by atoms with E-state index in [9.17, 15) is 4.39 Å². The van der Waals surface area contributed by atoms with Crippen LogP contribution in [0, 0.1) is 5.82 Å². The molecule has 0 saturated heterocycles. The highest BCUT2D eigenvalue weighted by Crippen LogP contribution is 2.20. The Bertz CT molecular complexity index is 691. The summed E-state index contributed by atoms with van der Waals surface area (Å²) in [5, 5.41) is 8.04. The molecule has 0 radical (unpaired) electrons. The number of aryl methyl sites for hydroxylation is 1. The number of hydrogen-bond acceptors (Lipinski definition) is 2. The van der Waals surface area contributed by atoms with Crippen LogP contribution in [0.3, 0.4) is 0 Å². The molecule has 22 heavy (non-hydrogen) atoms. The zero-order valence-electron chi connectivity index (χ0n) is 12.1. The number of halogens is 3. The average molecular weight is 406 g/mol. The first-order valence-corrected chi connectivity index (χ1v) is 8.17. The minimum absolute atomic E-state index is 0.0555. The number of rotatable bonds is 4. The molecular formula is C14H15BrClFN4S. The summed E-state index contributed by atoms with van der Waals surface area (Å²) in [6, 6.07) is 4.38. The number of anilines is 1. The van der Waals surface area contributed by atoms with Crippen LogP contribution < -0.4 is 5.32 Å². The second kappa shape index (κ2) is 7.39. The molecule has 0 spiro atoms. The van der Waals surface area contributed by atoms with Crippen LogP contribution in [0.15, 0.2) is 28.9 Å². The van der Waals surface area contributed by atoms with Crippen molar-refractivity contribution in [1.82, 2.24) is 14.7 Å². The highest BCUT2D eigenvalue weighted by Gasteiger charge is 2.12. The number of aromatic nitrogens is 2. The van der Waals surface area contributed by atoms with E-state index in [4.69, 9.17) is 23.8 Å². The van der Waals surface area contributed by atoms with Crippen LogP contribution in [0.25, 0.3) is 0 Å². The van der Waals surface area contributed by atoms with Gasteiger partial charge in [-0.3, -0.25) is 4.68 Å². The van der Waals surface area contributed by atoms with Gasteiger partial charge in [0.05, 0.1) is 21.7 Å². The van der Waals surface area contributed by atoms with Crippen molar-refractivity contribution >= 4 is 50.5 Å². The predicted octanol–water partition coefficient (Wildman–Crippen LogP) is 4.29. The molecule has 4 nitrogen and oxygen atoms in total. The van der Waals surface area contributed by atoms with E-state index in [0.717, 1.165) is 16.7 Å². The summed E-state index contributed by atoms with van der Waals surface area (Å²) in [6.45, 7) is 3.38. The summed E-state index contributed by atoms with van der Waals surface area (Å²) in [6.07, 6.45) is 1.93. The maximum absolute atomic E-state index is 13.1. The number of benzene rings is 1. The van der Waals surface area contributed by atoms with Crippen molar-refractivity contribution in [3.05, 3.63) is 45.4 Å². The molecule has 0 fully saturated rings. The van der Waals surface area contributed by atoms with Gasteiger partial charge in [0.1, 0.15) is 5.82 Å². The Kier molecular flexibility index (Phi) is 5.77. The van der Waals surface area contributed by atoms with Gasteiger partial charge in [0.2, 0.25) is 0 Å². The predicted molar refractivity (Wildman–Crippen MR) is 94.7 cm³/mol. The van der Waals surface area contributed by atoms with Gasteiger partial charge in [-0.05, 0) is 53.3 Å². The molecule has 0 aliphatic heterocycles. The van der Waals surface area contributed by atoms with Gasteiger partial charge >= 0.3 is 0 Å². The fourth-order valence-electron chi connectivity index (χ4n) is 1.80. The SMILES string of the molecule is CCn1cc(Br)c(CN(C)C(=S)Nc2ccc(F)c(Cl)c2)n1. The molecule has 118 valence electrons. The Morgan fingerprint density at radius 1 is 1.55 bits per heavy atom. The van der Waals surface area contributed by atoms with Gasteiger partial charge in [-0.15, -0.1) is 0 Å². The number of hydrogen-bond donors (Lipinski definition) is 1. The Morgan fingerprint density at radius 2 is 2.27 bits per heavy atom. The molecule has 0 amide bonds. The van der Waals surface area contributed by atoms with Crippen LogP contribution in [-0.2, 0) is 13.1 Å². The van der Waals surface area contributed by atoms with Crippen LogP contribution in [0.5, 0.6) is 0 Å². The first-order chi connectivity index (χ1) is 10.4. The largest absolute Gasteiger partial charge is 0.346 e. The number of thiocarbonyl (C=S) groups is 1. The van der Waals surface area contributed by atoms with Crippen LogP contribution in [0.1, 0.15) is 12.6 Å². The molecule has 8 heteroatoms. The second-order valence-electron chi connectivity index (χ2n) is 4.69.